The third kappa shape index (κ3) is 4.19. The molecule has 1 fully saturated rings. The van der Waals surface area contributed by atoms with Crippen LogP contribution in [0.1, 0.15) is 40.0 Å². The minimum Gasteiger partial charge on any atom is -0.393 e. The molecule has 1 aliphatic rings. The average Bonchev–Trinajstić information content (AvgIpc) is 2.27. The van der Waals surface area contributed by atoms with Gasteiger partial charge in [0, 0.05) is 25.1 Å². The molecule has 4 heteroatoms. The van der Waals surface area contributed by atoms with Crippen LogP contribution in [0.15, 0.2) is 0 Å². The van der Waals surface area contributed by atoms with E-state index in [1.165, 1.54) is 0 Å². The largest absolute Gasteiger partial charge is 0.393 e. The highest BCUT2D eigenvalue weighted by molar-refractivity contribution is 7.80. The average molecular weight is 258 g/mol. The maximum absolute atomic E-state index is 5.76. The van der Waals surface area contributed by atoms with Gasteiger partial charge in [-0.3, -0.25) is 0 Å². The summed E-state index contributed by atoms with van der Waals surface area (Å²) in [5.41, 5.74) is 5.72. The molecule has 2 unspecified atom stereocenters. The van der Waals surface area contributed by atoms with Gasteiger partial charge < -0.3 is 15.4 Å². The standard InChI is InChI=1S/C13H26N2OS/c1-10-9-11(16-4)5-7-15(10)8-6-13(2,3)12(14)17/h10-11H,5-9H2,1-4H3,(H2,14,17). The van der Waals surface area contributed by atoms with Crippen LogP contribution in [0.5, 0.6) is 0 Å². The van der Waals surface area contributed by atoms with Crippen LogP contribution in [0.2, 0.25) is 0 Å². The maximum Gasteiger partial charge on any atom is 0.0784 e. The van der Waals surface area contributed by atoms with Gasteiger partial charge in [-0.1, -0.05) is 26.1 Å². The van der Waals surface area contributed by atoms with Crippen molar-refractivity contribution in [1.82, 2.24) is 4.90 Å². The molecular weight excluding hydrogens is 232 g/mol. The molecule has 1 saturated heterocycles. The fourth-order valence-corrected chi connectivity index (χ4v) is 2.37. The Morgan fingerprint density at radius 2 is 2.18 bits per heavy atom. The van der Waals surface area contributed by atoms with Crippen molar-refractivity contribution in [3.63, 3.8) is 0 Å². The number of rotatable bonds is 5. The van der Waals surface area contributed by atoms with Gasteiger partial charge in [-0.15, -0.1) is 0 Å². The molecule has 1 heterocycles. The molecule has 2 N–H and O–H groups in total. The zero-order valence-electron chi connectivity index (χ0n) is 11.5. The van der Waals surface area contributed by atoms with Gasteiger partial charge in [0.1, 0.15) is 0 Å². The Hall–Kier alpha value is -0.190. The molecule has 2 atom stereocenters. The first-order valence-corrected chi connectivity index (χ1v) is 6.84. The summed E-state index contributed by atoms with van der Waals surface area (Å²) < 4.78 is 5.43. The van der Waals surface area contributed by atoms with Crippen molar-refractivity contribution >= 4 is 17.2 Å². The summed E-state index contributed by atoms with van der Waals surface area (Å²) in [6.45, 7) is 8.72. The van der Waals surface area contributed by atoms with E-state index in [1.54, 1.807) is 0 Å². The normalized spacial score (nSPS) is 27.1. The second-order valence-corrected chi connectivity index (χ2v) is 6.21. The number of likely N-dealkylation sites (tertiary alicyclic amines) is 1. The first-order valence-electron chi connectivity index (χ1n) is 6.43. The van der Waals surface area contributed by atoms with Crippen molar-refractivity contribution in [2.45, 2.75) is 52.2 Å². The van der Waals surface area contributed by atoms with Crippen LogP contribution in [0.3, 0.4) is 0 Å². The lowest BCUT2D eigenvalue weighted by molar-refractivity contribution is 0.0138. The Morgan fingerprint density at radius 3 is 2.65 bits per heavy atom. The Labute approximate surface area is 111 Å². The molecule has 1 aliphatic heterocycles. The van der Waals surface area contributed by atoms with Gasteiger partial charge in [0.15, 0.2) is 0 Å². The summed E-state index contributed by atoms with van der Waals surface area (Å²) in [6.07, 6.45) is 3.73. The minimum absolute atomic E-state index is 0.0346. The molecule has 0 spiro atoms. The van der Waals surface area contributed by atoms with E-state index in [0.29, 0.717) is 17.1 Å². The van der Waals surface area contributed by atoms with E-state index in [2.05, 4.69) is 25.7 Å². The lowest BCUT2D eigenvalue weighted by atomic mass is 9.88. The maximum atomic E-state index is 5.76. The van der Waals surface area contributed by atoms with Gasteiger partial charge >= 0.3 is 0 Å². The second kappa shape index (κ2) is 6.12. The first-order chi connectivity index (χ1) is 7.86. The highest BCUT2D eigenvalue weighted by atomic mass is 32.1. The van der Waals surface area contributed by atoms with Crippen molar-refractivity contribution in [3.05, 3.63) is 0 Å². The molecule has 0 saturated carbocycles. The van der Waals surface area contributed by atoms with E-state index in [-0.39, 0.29) is 5.41 Å². The van der Waals surface area contributed by atoms with Crippen LogP contribution in [-0.2, 0) is 4.74 Å². The minimum atomic E-state index is -0.0346. The summed E-state index contributed by atoms with van der Waals surface area (Å²) in [7, 11) is 1.81. The molecule has 0 aliphatic carbocycles. The lowest BCUT2D eigenvalue weighted by Crippen LogP contribution is -2.45. The molecular formula is C13H26N2OS. The molecule has 0 aromatic carbocycles. The predicted molar refractivity (Wildman–Crippen MR) is 76.2 cm³/mol. The van der Waals surface area contributed by atoms with Gasteiger partial charge in [0.05, 0.1) is 11.1 Å². The van der Waals surface area contributed by atoms with E-state index in [4.69, 9.17) is 22.7 Å². The molecule has 3 nitrogen and oxygen atoms in total. The Balaban J connectivity index is 2.41. The topological polar surface area (TPSA) is 38.5 Å². The third-order valence-electron chi connectivity index (χ3n) is 3.99. The quantitative estimate of drug-likeness (QED) is 0.767. The molecule has 0 aromatic rings. The molecule has 0 bridgehead atoms. The van der Waals surface area contributed by atoms with Crippen molar-refractivity contribution in [2.75, 3.05) is 20.2 Å². The zero-order chi connectivity index (χ0) is 13.1. The number of hydrogen-bond acceptors (Lipinski definition) is 3. The Morgan fingerprint density at radius 1 is 1.53 bits per heavy atom. The smallest absolute Gasteiger partial charge is 0.0784 e. The highest BCUT2D eigenvalue weighted by Gasteiger charge is 2.28. The third-order valence-corrected chi connectivity index (χ3v) is 4.54. The molecule has 1 rings (SSSR count). The van der Waals surface area contributed by atoms with E-state index < -0.39 is 0 Å². The molecule has 0 amide bonds. The van der Waals surface area contributed by atoms with Gasteiger partial charge in [-0.05, 0) is 32.7 Å². The zero-order valence-corrected chi connectivity index (χ0v) is 12.3. The van der Waals surface area contributed by atoms with Crippen molar-refractivity contribution in [3.8, 4) is 0 Å². The number of hydrogen-bond donors (Lipinski definition) is 1. The van der Waals surface area contributed by atoms with E-state index in [9.17, 15) is 0 Å². The fraction of sp³-hybridized carbons (Fsp3) is 0.923. The molecule has 0 aromatic heterocycles. The van der Waals surface area contributed by atoms with Crippen LogP contribution in [0.4, 0.5) is 0 Å². The van der Waals surface area contributed by atoms with Crippen molar-refractivity contribution in [2.24, 2.45) is 11.1 Å². The van der Waals surface area contributed by atoms with Crippen molar-refractivity contribution in [1.29, 1.82) is 0 Å². The highest BCUT2D eigenvalue weighted by Crippen LogP contribution is 2.25. The monoisotopic (exact) mass is 258 g/mol. The predicted octanol–water partition coefficient (Wildman–Crippen LogP) is 2.19. The first kappa shape index (κ1) is 14.9. The summed E-state index contributed by atoms with van der Waals surface area (Å²) in [6, 6.07) is 0.593. The van der Waals surface area contributed by atoms with Crippen LogP contribution < -0.4 is 5.73 Å². The lowest BCUT2D eigenvalue weighted by Gasteiger charge is -2.38. The molecule has 17 heavy (non-hydrogen) atoms. The Kier molecular flexibility index (Phi) is 5.35. The van der Waals surface area contributed by atoms with Crippen LogP contribution >= 0.6 is 12.2 Å². The molecule has 0 radical (unpaired) electrons. The van der Waals surface area contributed by atoms with Crippen molar-refractivity contribution < 1.29 is 4.74 Å². The number of nitrogens with zero attached hydrogens (tertiary/aromatic N) is 1. The van der Waals surface area contributed by atoms with Crippen LogP contribution in [0.25, 0.3) is 0 Å². The van der Waals surface area contributed by atoms with Gasteiger partial charge in [0.25, 0.3) is 0 Å². The van der Waals surface area contributed by atoms with E-state index >= 15 is 0 Å². The van der Waals surface area contributed by atoms with E-state index in [1.807, 2.05) is 7.11 Å². The number of piperidine rings is 1. The van der Waals surface area contributed by atoms with Crippen LogP contribution in [0, 0.1) is 5.41 Å². The summed E-state index contributed by atoms with van der Waals surface area (Å²) in [4.78, 5) is 3.15. The number of nitrogens with two attached hydrogens (primary N) is 1. The van der Waals surface area contributed by atoms with Gasteiger partial charge in [-0.25, -0.2) is 0 Å². The fourth-order valence-electron chi connectivity index (χ4n) is 2.27. The van der Waals surface area contributed by atoms with Crippen LogP contribution in [-0.4, -0.2) is 42.2 Å². The summed E-state index contributed by atoms with van der Waals surface area (Å²) >= 11 is 5.10. The Bertz CT molecular complexity index is 268. The SMILES string of the molecule is COC1CCN(CCC(C)(C)C(N)=S)C(C)C1. The number of thiocarbonyl (C=S) groups is 1. The summed E-state index contributed by atoms with van der Waals surface area (Å²) in [5, 5.41) is 0. The van der Waals surface area contributed by atoms with Gasteiger partial charge in [-0.2, -0.15) is 0 Å². The van der Waals surface area contributed by atoms with Gasteiger partial charge in [0.2, 0.25) is 0 Å². The van der Waals surface area contributed by atoms with E-state index in [0.717, 1.165) is 32.4 Å². The second-order valence-electron chi connectivity index (χ2n) is 5.77. The summed E-state index contributed by atoms with van der Waals surface area (Å²) in [5.74, 6) is 0. The number of ether oxygens (including phenoxy) is 1. The molecule has 100 valence electrons. The number of methoxy groups -OCH3 is 1.